The van der Waals surface area contributed by atoms with Gasteiger partial charge in [-0.2, -0.15) is 13.2 Å². The fourth-order valence-electron chi connectivity index (χ4n) is 4.50. The molecule has 35 heavy (non-hydrogen) atoms. The first-order valence-electron chi connectivity index (χ1n) is 11.8. The highest BCUT2D eigenvalue weighted by Crippen LogP contribution is 2.30. The van der Waals surface area contributed by atoms with Gasteiger partial charge in [0.2, 0.25) is 5.91 Å². The number of nitrogens with zero attached hydrogens (tertiary/aromatic N) is 2. The van der Waals surface area contributed by atoms with E-state index >= 15 is 0 Å². The molecule has 186 valence electrons. The minimum Gasteiger partial charge on any atom is -0.356 e. The highest BCUT2D eigenvalue weighted by Gasteiger charge is 2.31. The first-order valence-corrected chi connectivity index (χ1v) is 11.8. The van der Waals surface area contributed by atoms with E-state index in [1.807, 2.05) is 34.9 Å². The van der Waals surface area contributed by atoms with E-state index < -0.39 is 11.7 Å². The van der Waals surface area contributed by atoms with Crippen molar-refractivity contribution in [3.8, 4) is 0 Å². The van der Waals surface area contributed by atoms with Crippen LogP contribution in [0.4, 0.5) is 13.2 Å². The number of hydrogen-bond acceptors (Lipinski definition) is 3. The molecule has 0 unspecified atom stereocenters. The highest BCUT2D eigenvalue weighted by molar-refractivity contribution is 5.99. The van der Waals surface area contributed by atoms with Crippen LogP contribution in [0.1, 0.15) is 40.9 Å². The number of aromatic nitrogens is 1. The van der Waals surface area contributed by atoms with Crippen LogP contribution < -0.4 is 11.1 Å². The Bertz CT molecular complexity index is 1180. The highest BCUT2D eigenvalue weighted by atomic mass is 19.4. The Labute approximate surface area is 201 Å². The smallest absolute Gasteiger partial charge is 0.356 e. The van der Waals surface area contributed by atoms with Gasteiger partial charge in [-0.1, -0.05) is 30.3 Å². The van der Waals surface area contributed by atoms with Crippen molar-refractivity contribution in [2.75, 3.05) is 26.2 Å². The third-order valence-corrected chi connectivity index (χ3v) is 6.48. The summed E-state index contributed by atoms with van der Waals surface area (Å²) in [5.74, 6) is -0.271. The lowest BCUT2D eigenvalue weighted by Gasteiger charge is -2.31. The van der Waals surface area contributed by atoms with Crippen LogP contribution in [0.15, 0.2) is 54.6 Å². The van der Waals surface area contributed by atoms with Gasteiger partial charge in [-0.15, -0.1) is 0 Å². The zero-order valence-electron chi connectivity index (χ0n) is 19.4. The number of halogens is 3. The number of alkyl halides is 3. The minimum atomic E-state index is -4.40. The van der Waals surface area contributed by atoms with Gasteiger partial charge in [0.15, 0.2) is 0 Å². The van der Waals surface area contributed by atoms with Crippen LogP contribution in [-0.4, -0.2) is 47.5 Å². The van der Waals surface area contributed by atoms with E-state index in [4.69, 9.17) is 5.73 Å². The molecule has 6 nitrogen and oxygen atoms in total. The monoisotopic (exact) mass is 486 g/mol. The van der Waals surface area contributed by atoms with Gasteiger partial charge in [0.1, 0.15) is 5.69 Å². The molecule has 0 atom stereocenters. The van der Waals surface area contributed by atoms with E-state index in [0.717, 1.165) is 29.5 Å². The Kier molecular flexibility index (Phi) is 7.45. The zero-order chi connectivity index (χ0) is 25.0. The van der Waals surface area contributed by atoms with E-state index in [1.165, 1.54) is 12.1 Å². The lowest BCUT2D eigenvalue weighted by molar-refractivity contribution is -0.137. The summed E-state index contributed by atoms with van der Waals surface area (Å²) in [7, 11) is 0. The summed E-state index contributed by atoms with van der Waals surface area (Å²) in [6.07, 6.45) is -2.50. The topological polar surface area (TPSA) is 80.4 Å². The molecular weight excluding hydrogens is 457 g/mol. The molecular formula is C26H29F3N4O2. The van der Waals surface area contributed by atoms with E-state index in [0.29, 0.717) is 50.3 Å². The van der Waals surface area contributed by atoms with Crippen molar-refractivity contribution in [1.82, 2.24) is 14.8 Å². The molecule has 1 fully saturated rings. The van der Waals surface area contributed by atoms with Crippen LogP contribution in [0.3, 0.4) is 0 Å². The number of hydrogen-bond donors (Lipinski definition) is 2. The summed E-state index contributed by atoms with van der Waals surface area (Å²) in [5.41, 5.74) is 6.75. The van der Waals surface area contributed by atoms with Crippen LogP contribution in [0.2, 0.25) is 0 Å². The average Bonchev–Trinajstić information content (AvgIpc) is 3.22. The predicted molar refractivity (Wildman–Crippen MR) is 128 cm³/mol. The van der Waals surface area contributed by atoms with Crippen molar-refractivity contribution in [3.05, 3.63) is 71.4 Å². The lowest BCUT2D eigenvalue weighted by Crippen LogP contribution is -2.43. The maximum atomic E-state index is 13.5. The van der Waals surface area contributed by atoms with Gasteiger partial charge in [0, 0.05) is 43.0 Å². The standard InChI is InChI=1S/C26H29F3N4O2/c27-26(28,29)21-8-6-18(7-9-21)17-33-22-5-2-1-4-20(22)16-23(33)25(35)32-14-10-19(11-15-32)24(34)31-13-3-12-30/h1-2,4-9,16,19H,3,10-15,17,30H2,(H,31,34). The number of nitrogens with two attached hydrogens (primary N) is 1. The Morgan fingerprint density at radius 1 is 1.03 bits per heavy atom. The van der Waals surface area contributed by atoms with Crippen molar-refractivity contribution in [2.24, 2.45) is 11.7 Å². The second-order valence-electron chi connectivity index (χ2n) is 8.87. The second-order valence-corrected chi connectivity index (χ2v) is 8.87. The maximum Gasteiger partial charge on any atom is 0.416 e. The zero-order valence-corrected chi connectivity index (χ0v) is 19.4. The Balaban J connectivity index is 1.51. The predicted octanol–water partition coefficient (Wildman–Crippen LogP) is 4.03. The van der Waals surface area contributed by atoms with E-state index in [-0.39, 0.29) is 24.3 Å². The van der Waals surface area contributed by atoms with Gasteiger partial charge in [0.25, 0.3) is 5.91 Å². The molecule has 3 aromatic rings. The van der Waals surface area contributed by atoms with Crippen LogP contribution in [0, 0.1) is 5.92 Å². The third-order valence-electron chi connectivity index (χ3n) is 6.48. The third kappa shape index (κ3) is 5.67. The minimum absolute atomic E-state index is 0.00182. The summed E-state index contributed by atoms with van der Waals surface area (Å²) in [4.78, 5) is 27.6. The normalized spacial score (nSPS) is 14.9. The van der Waals surface area contributed by atoms with Crippen LogP contribution >= 0.6 is 0 Å². The number of likely N-dealkylation sites (tertiary alicyclic amines) is 1. The summed E-state index contributed by atoms with van der Waals surface area (Å²) in [5, 5.41) is 3.79. The number of amides is 2. The largest absolute Gasteiger partial charge is 0.416 e. The van der Waals surface area contributed by atoms with E-state index in [2.05, 4.69) is 5.32 Å². The molecule has 0 saturated carbocycles. The SMILES string of the molecule is NCCCNC(=O)C1CCN(C(=O)c2cc3ccccc3n2Cc2ccc(C(F)(F)F)cc2)CC1. The first-order chi connectivity index (χ1) is 16.8. The Morgan fingerprint density at radius 2 is 1.71 bits per heavy atom. The average molecular weight is 487 g/mol. The van der Waals surface area contributed by atoms with Gasteiger partial charge >= 0.3 is 6.18 Å². The number of rotatable bonds is 7. The molecule has 1 aliphatic rings. The summed E-state index contributed by atoms with van der Waals surface area (Å²) >= 11 is 0. The molecule has 9 heteroatoms. The molecule has 2 heterocycles. The molecule has 0 spiro atoms. The molecule has 2 aromatic carbocycles. The van der Waals surface area contributed by atoms with Crippen LogP contribution in [0.5, 0.6) is 0 Å². The molecule has 4 rings (SSSR count). The van der Waals surface area contributed by atoms with Crippen molar-refractivity contribution in [2.45, 2.75) is 32.0 Å². The first kappa shape index (κ1) is 24.8. The quantitative estimate of drug-likeness (QED) is 0.495. The number of fused-ring (bicyclic) bond motifs is 1. The van der Waals surface area contributed by atoms with Crippen molar-refractivity contribution >= 4 is 22.7 Å². The molecule has 1 aliphatic heterocycles. The second kappa shape index (κ2) is 10.5. The van der Waals surface area contributed by atoms with Crippen molar-refractivity contribution in [3.63, 3.8) is 0 Å². The van der Waals surface area contributed by atoms with Gasteiger partial charge in [-0.3, -0.25) is 9.59 Å². The van der Waals surface area contributed by atoms with Crippen molar-refractivity contribution in [1.29, 1.82) is 0 Å². The summed E-state index contributed by atoms with van der Waals surface area (Å²) in [6.45, 7) is 2.28. The molecule has 3 N–H and O–H groups in total. The van der Waals surface area contributed by atoms with Gasteiger partial charge in [0.05, 0.1) is 5.56 Å². The fraction of sp³-hybridized carbons (Fsp3) is 0.385. The number of nitrogens with one attached hydrogen (secondary N) is 1. The molecule has 0 aliphatic carbocycles. The molecule has 0 bridgehead atoms. The molecule has 1 aromatic heterocycles. The van der Waals surface area contributed by atoms with E-state index in [9.17, 15) is 22.8 Å². The van der Waals surface area contributed by atoms with E-state index in [1.54, 1.807) is 4.90 Å². The van der Waals surface area contributed by atoms with Gasteiger partial charge in [-0.05, 0) is 55.6 Å². The van der Waals surface area contributed by atoms with Crippen LogP contribution in [-0.2, 0) is 17.5 Å². The summed E-state index contributed by atoms with van der Waals surface area (Å²) in [6, 6.07) is 14.4. The van der Waals surface area contributed by atoms with Crippen LogP contribution in [0.25, 0.3) is 10.9 Å². The maximum absolute atomic E-state index is 13.5. The lowest BCUT2D eigenvalue weighted by atomic mass is 9.95. The number of benzene rings is 2. The number of carbonyl (C=O) groups excluding carboxylic acids is 2. The summed E-state index contributed by atoms with van der Waals surface area (Å²) < 4.78 is 40.7. The number of carbonyl (C=O) groups is 2. The van der Waals surface area contributed by atoms with Gasteiger partial charge in [-0.25, -0.2) is 0 Å². The Morgan fingerprint density at radius 3 is 2.37 bits per heavy atom. The van der Waals surface area contributed by atoms with Crippen molar-refractivity contribution < 1.29 is 22.8 Å². The molecule has 2 amide bonds. The van der Waals surface area contributed by atoms with Gasteiger partial charge < -0.3 is 20.5 Å². The number of para-hydroxylation sites is 1. The Hall–Kier alpha value is -3.33. The molecule has 0 radical (unpaired) electrons. The fourth-order valence-corrected chi connectivity index (χ4v) is 4.50. The molecule has 1 saturated heterocycles. The number of piperidine rings is 1.